The number of rotatable bonds is 7. The summed E-state index contributed by atoms with van der Waals surface area (Å²) in [6.45, 7) is 8.55. The van der Waals surface area contributed by atoms with Gasteiger partial charge in [-0.2, -0.15) is 0 Å². The molecular formula is C12H27N3O. The second-order valence-corrected chi connectivity index (χ2v) is 4.69. The number of carbonyl (C=O) groups is 1. The van der Waals surface area contributed by atoms with Gasteiger partial charge in [0.25, 0.3) is 0 Å². The van der Waals surface area contributed by atoms with E-state index >= 15 is 0 Å². The van der Waals surface area contributed by atoms with Crippen LogP contribution >= 0.6 is 0 Å². The second-order valence-electron chi connectivity index (χ2n) is 4.69. The van der Waals surface area contributed by atoms with E-state index in [1.54, 1.807) is 0 Å². The highest BCUT2D eigenvalue weighted by Crippen LogP contribution is 2.07. The van der Waals surface area contributed by atoms with Gasteiger partial charge in [-0.05, 0) is 35.0 Å². The van der Waals surface area contributed by atoms with Crippen molar-refractivity contribution in [3.63, 3.8) is 0 Å². The topological polar surface area (TPSA) is 35.6 Å². The van der Waals surface area contributed by atoms with Crippen molar-refractivity contribution in [2.24, 2.45) is 5.92 Å². The van der Waals surface area contributed by atoms with Crippen LogP contribution in [0.3, 0.4) is 0 Å². The zero-order valence-corrected chi connectivity index (χ0v) is 11.6. The Morgan fingerprint density at radius 1 is 1.31 bits per heavy atom. The van der Waals surface area contributed by atoms with Crippen LogP contribution in [-0.2, 0) is 4.79 Å². The number of amides is 1. The third-order valence-electron chi connectivity index (χ3n) is 2.72. The van der Waals surface area contributed by atoms with Gasteiger partial charge >= 0.3 is 0 Å². The largest absolute Gasteiger partial charge is 0.339 e. The van der Waals surface area contributed by atoms with Crippen molar-refractivity contribution >= 4 is 5.91 Å². The monoisotopic (exact) mass is 229 g/mol. The van der Waals surface area contributed by atoms with E-state index < -0.39 is 0 Å². The summed E-state index contributed by atoms with van der Waals surface area (Å²) in [5.41, 5.74) is 0. The van der Waals surface area contributed by atoms with E-state index in [-0.39, 0.29) is 17.9 Å². The highest BCUT2D eigenvalue weighted by Gasteiger charge is 2.23. The highest BCUT2D eigenvalue weighted by molar-refractivity contribution is 5.79. The number of hydrogen-bond donors (Lipinski definition) is 1. The average Bonchev–Trinajstić information content (AvgIpc) is 2.17. The van der Waals surface area contributed by atoms with Crippen LogP contribution in [0.4, 0.5) is 0 Å². The van der Waals surface area contributed by atoms with E-state index in [0.717, 1.165) is 19.6 Å². The molecule has 0 aromatic heterocycles. The lowest BCUT2D eigenvalue weighted by Gasteiger charge is -2.32. The Morgan fingerprint density at radius 2 is 1.88 bits per heavy atom. The van der Waals surface area contributed by atoms with Crippen LogP contribution in [0.15, 0.2) is 0 Å². The van der Waals surface area contributed by atoms with Crippen LogP contribution in [0.5, 0.6) is 0 Å². The number of nitrogens with one attached hydrogen (secondary N) is 1. The Morgan fingerprint density at radius 3 is 2.25 bits per heavy atom. The Kier molecular flexibility index (Phi) is 7.34. The summed E-state index contributed by atoms with van der Waals surface area (Å²) in [7, 11) is 5.95. The first-order valence-electron chi connectivity index (χ1n) is 6.03. The first kappa shape index (κ1) is 15.4. The predicted molar refractivity (Wildman–Crippen MR) is 68.5 cm³/mol. The smallest absolute Gasteiger partial charge is 0.226 e. The normalized spacial score (nSPS) is 14.9. The molecule has 4 heteroatoms. The van der Waals surface area contributed by atoms with E-state index in [2.05, 4.69) is 17.1 Å². The van der Waals surface area contributed by atoms with Gasteiger partial charge in [0.2, 0.25) is 5.91 Å². The molecule has 0 rings (SSSR count). The van der Waals surface area contributed by atoms with Crippen molar-refractivity contribution in [3.8, 4) is 0 Å². The molecular weight excluding hydrogens is 202 g/mol. The van der Waals surface area contributed by atoms with Crippen LogP contribution in [0.25, 0.3) is 0 Å². The summed E-state index contributed by atoms with van der Waals surface area (Å²) < 4.78 is 0. The number of hydrogen-bond acceptors (Lipinski definition) is 3. The Bertz CT molecular complexity index is 206. The van der Waals surface area contributed by atoms with Crippen LogP contribution in [-0.4, -0.2) is 62.5 Å². The maximum absolute atomic E-state index is 12.2. The minimum atomic E-state index is 0.0505. The van der Waals surface area contributed by atoms with E-state index in [1.165, 1.54) is 0 Å². The first-order valence-corrected chi connectivity index (χ1v) is 6.03. The van der Waals surface area contributed by atoms with Gasteiger partial charge in [0.1, 0.15) is 0 Å². The molecule has 0 aliphatic rings. The molecule has 0 spiro atoms. The molecule has 0 aliphatic heterocycles. The summed E-state index contributed by atoms with van der Waals surface area (Å²) >= 11 is 0. The molecule has 0 fully saturated rings. The summed E-state index contributed by atoms with van der Waals surface area (Å²) in [6.07, 6.45) is 0. The zero-order valence-electron chi connectivity index (χ0n) is 11.6. The maximum Gasteiger partial charge on any atom is 0.226 e. The van der Waals surface area contributed by atoms with E-state index in [1.807, 2.05) is 39.9 Å². The second kappa shape index (κ2) is 7.63. The van der Waals surface area contributed by atoms with Gasteiger partial charge in [0.15, 0.2) is 0 Å². The molecule has 1 amide bonds. The summed E-state index contributed by atoms with van der Waals surface area (Å²) in [4.78, 5) is 16.2. The molecule has 4 nitrogen and oxygen atoms in total. The molecule has 0 aromatic rings. The van der Waals surface area contributed by atoms with Gasteiger partial charge in [0.05, 0.1) is 0 Å². The Balaban J connectivity index is 4.41. The van der Waals surface area contributed by atoms with Gasteiger partial charge in [-0.15, -0.1) is 0 Å². The fourth-order valence-electron chi connectivity index (χ4n) is 1.99. The molecule has 0 aliphatic carbocycles. The van der Waals surface area contributed by atoms with E-state index in [0.29, 0.717) is 0 Å². The fourth-order valence-corrected chi connectivity index (χ4v) is 1.99. The quantitative estimate of drug-likeness (QED) is 0.696. The summed E-state index contributed by atoms with van der Waals surface area (Å²) in [6, 6.07) is 0.270. The molecule has 0 heterocycles. The lowest BCUT2D eigenvalue weighted by atomic mass is 10.1. The van der Waals surface area contributed by atoms with Crippen LogP contribution in [0.1, 0.15) is 20.8 Å². The third kappa shape index (κ3) is 4.94. The van der Waals surface area contributed by atoms with Crippen molar-refractivity contribution in [1.82, 2.24) is 15.1 Å². The maximum atomic E-state index is 12.2. The van der Waals surface area contributed by atoms with Crippen LogP contribution < -0.4 is 5.32 Å². The van der Waals surface area contributed by atoms with Gasteiger partial charge in [-0.1, -0.05) is 6.92 Å². The van der Waals surface area contributed by atoms with Crippen molar-refractivity contribution in [2.45, 2.75) is 26.8 Å². The summed E-state index contributed by atoms with van der Waals surface area (Å²) in [5, 5.41) is 3.05. The minimum absolute atomic E-state index is 0.0505. The molecule has 0 saturated carbocycles. The molecule has 0 radical (unpaired) electrons. The molecule has 1 N–H and O–H groups in total. The standard InChI is InChI=1S/C12H27N3O/c1-7-15(11(3)9-14(5)6)12(16)10(2)8-13-4/h10-11,13H,7-9H2,1-6H3. The molecule has 2 atom stereocenters. The van der Waals surface area contributed by atoms with Crippen molar-refractivity contribution in [1.29, 1.82) is 0 Å². The van der Waals surface area contributed by atoms with Crippen LogP contribution in [0.2, 0.25) is 0 Å². The molecule has 16 heavy (non-hydrogen) atoms. The zero-order chi connectivity index (χ0) is 12.7. The fraction of sp³-hybridized carbons (Fsp3) is 0.917. The number of carbonyl (C=O) groups excluding carboxylic acids is 1. The molecule has 96 valence electrons. The minimum Gasteiger partial charge on any atom is -0.339 e. The van der Waals surface area contributed by atoms with Gasteiger partial charge in [-0.25, -0.2) is 0 Å². The predicted octanol–water partition coefficient (Wildman–Crippen LogP) is 0.641. The van der Waals surface area contributed by atoms with E-state index in [9.17, 15) is 4.79 Å². The molecule has 0 aromatic carbocycles. The van der Waals surface area contributed by atoms with Gasteiger partial charge in [-0.3, -0.25) is 4.79 Å². The lowest BCUT2D eigenvalue weighted by Crippen LogP contribution is -2.47. The van der Waals surface area contributed by atoms with E-state index in [4.69, 9.17) is 0 Å². The molecule has 2 unspecified atom stereocenters. The first-order chi connectivity index (χ1) is 7.43. The SMILES string of the molecule is CCN(C(=O)C(C)CNC)C(C)CN(C)C. The van der Waals surface area contributed by atoms with Gasteiger partial charge < -0.3 is 15.1 Å². The van der Waals surface area contributed by atoms with Crippen molar-refractivity contribution < 1.29 is 4.79 Å². The number of nitrogens with zero attached hydrogens (tertiary/aromatic N) is 2. The number of likely N-dealkylation sites (N-methyl/N-ethyl adjacent to an activating group) is 2. The highest BCUT2D eigenvalue weighted by atomic mass is 16.2. The Hall–Kier alpha value is -0.610. The molecule has 0 bridgehead atoms. The van der Waals surface area contributed by atoms with Gasteiger partial charge in [0, 0.05) is 31.6 Å². The van der Waals surface area contributed by atoms with Crippen molar-refractivity contribution in [3.05, 3.63) is 0 Å². The van der Waals surface area contributed by atoms with Crippen molar-refractivity contribution in [2.75, 3.05) is 40.8 Å². The third-order valence-corrected chi connectivity index (χ3v) is 2.72. The average molecular weight is 229 g/mol. The molecule has 0 saturated heterocycles. The Labute approximate surface area is 100.0 Å². The lowest BCUT2D eigenvalue weighted by molar-refractivity contribution is -0.136. The van der Waals surface area contributed by atoms with Crippen LogP contribution in [0, 0.1) is 5.92 Å². The summed E-state index contributed by atoms with van der Waals surface area (Å²) in [5.74, 6) is 0.292.